The number of hydrogen-bond acceptors (Lipinski definition) is 8. The molecule has 0 spiro atoms. The van der Waals surface area contributed by atoms with Crippen molar-refractivity contribution in [2.24, 2.45) is 0 Å². The van der Waals surface area contributed by atoms with Crippen molar-refractivity contribution in [2.75, 3.05) is 13.2 Å². The molecule has 1 aliphatic rings. The third-order valence-corrected chi connectivity index (χ3v) is 6.10. The lowest BCUT2D eigenvalue weighted by molar-refractivity contribution is 0.0914. The van der Waals surface area contributed by atoms with E-state index in [1.165, 1.54) is 0 Å². The molecular formula is C25H29N7O3. The van der Waals surface area contributed by atoms with Crippen LogP contribution in [-0.2, 0) is 30.9 Å². The molecule has 35 heavy (non-hydrogen) atoms. The molecule has 1 aliphatic heterocycles. The Bertz CT molecular complexity index is 1320. The van der Waals surface area contributed by atoms with Gasteiger partial charge < -0.3 is 14.5 Å². The Morgan fingerprint density at radius 3 is 2.97 bits per heavy atom. The number of rotatable bonds is 10. The average molecular weight is 476 g/mol. The smallest absolute Gasteiger partial charge is 0.252 e. The molecule has 3 aromatic heterocycles. The van der Waals surface area contributed by atoms with Crippen molar-refractivity contribution in [1.82, 2.24) is 35.1 Å². The van der Waals surface area contributed by atoms with Gasteiger partial charge in [0.2, 0.25) is 0 Å². The third-order valence-electron chi connectivity index (χ3n) is 6.10. The summed E-state index contributed by atoms with van der Waals surface area (Å²) in [4.78, 5) is 22.3. The van der Waals surface area contributed by atoms with Crippen molar-refractivity contribution >= 4 is 10.9 Å². The molecule has 182 valence electrons. The summed E-state index contributed by atoms with van der Waals surface area (Å²) in [6.45, 7) is 5.44. The summed E-state index contributed by atoms with van der Waals surface area (Å²) < 4.78 is 13.2. The minimum atomic E-state index is -0.114. The summed E-state index contributed by atoms with van der Waals surface area (Å²) in [7, 11) is 0. The summed E-state index contributed by atoms with van der Waals surface area (Å²) in [5.41, 5.74) is 2.37. The quantitative estimate of drug-likeness (QED) is 0.373. The first-order chi connectivity index (χ1) is 17.2. The van der Waals surface area contributed by atoms with Gasteiger partial charge in [-0.3, -0.25) is 14.7 Å². The maximum Gasteiger partial charge on any atom is 0.252 e. The van der Waals surface area contributed by atoms with Crippen LogP contribution in [0.4, 0.5) is 0 Å². The summed E-state index contributed by atoms with van der Waals surface area (Å²) >= 11 is 0. The van der Waals surface area contributed by atoms with Crippen molar-refractivity contribution in [3.8, 4) is 5.75 Å². The highest BCUT2D eigenvalue weighted by Gasteiger charge is 2.21. The van der Waals surface area contributed by atoms with Gasteiger partial charge in [0.15, 0.2) is 5.82 Å². The van der Waals surface area contributed by atoms with Crippen molar-refractivity contribution in [1.29, 1.82) is 0 Å². The number of ether oxygens (including phenoxy) is 2. The summed E-state index contributed by atoms with van der Waals surface area (Å²) in [5.74, 6) is 1.51. The molecule has 5 rings (SSSR count). The topological polar surface area (TPSA) is 111 Å². The molecule has 0 aliphatic carbocycles. The zero-order valence-electron chi connectivity index (χ0n) is 19.8. The fraction of sp³-hybridized carbons (Fsp3) is 0.400. The predicted molar refractivity (Wildman–Crippen MR) is 130 cm³/mol. The Morgan fingerprint density at radius 1 is 1.23 bits per heavy atom. The lowest BCUT2D eigenvalue weighted by Crippen LogP contribution is -2.29. The highest BCUT2D eigenvalue weighted by Crippen LogP contribution is 2.21. The van der Waals surface area contributed by atoms with Gasteiger partial charge in [-0.25, -0.2) is 4.68 Å². The van der Waals surface area contributed by atoms with Gasteiger partial charge in [-0.2, -0.15) is 0 Å². The zero-order chi connectivity index (χ0) is 24.0. The number of H-pyrrole nitrogens is 1. The highest BCUT2D eigenvalue weighted by atomic mass is 16.5. The molecule has 4 aromatic rings. The summed E-state index contributed by atoms with van der Waals surface area (Å²) in [5, 5.41) is 13.3. The maximum absolute atomic E-state index is 12.9. The molecule has 1 N–H and O–H groups in total. The van der Waals surface area contributed by atoms with Gasteiger partial charge in [-0.1, -0.05) is 6.07 Å². The van der Waals surface area contributed by atoms with E-state index in [0.717, 1.165) is 47.5 Å². The normalized spacial score (nSPS) is 15.8. The van der Waals surface area contributed by atoms with E-state index in [9.17, 15) is 4.79 Å². The van der Waals surface area contributed by atoms with E-state index in [2.05, 4.69) is 30.4 Å². The molecule has 0 bridgehead atoms. The van der Waals surface area contributed by atoms with Gasteiger partial charge in [0.05, 0.1) is 25.8 Å². The van der Waals surface area contributed by atoms with Crippen LogP contribution in [0, 0.1) is 0 Å². The predicted octanol–water partition coefficient (Wildman–Crippen LogP) is 2.69. The van der Waals surface area contributed by atoms with Gasteiger partial charge in [0.25, 0.3) is 5.56 Å². The first kappa shape index (κ1) is 23.1. The van der Waals surface area contributed by atoms with Crippen LogP contribution in [0.1, 0.15) is 36.7 Å². The van der Waals surface area contributed by atoms with Gasteiger partial charge in [0.1, 0.15) is 5.75 Å². The Labute approximate surface area is 202 Å². The lowest BCUT2D eigenvalue weighted by atomic mass is 10.1. The first-order valence-corrected chi connectivity index (χ1v) is 11.9. The van der Waals surface area contributed by atoms with Crippen LogP contribution in [-0.4, -0.2) is 54.4 Å². The minimum absolute atomic E-state index is 0.114. The second kappa shape index (κ2) is 10.7. The van der Waals surface area contributed by atoms with E-state index < -0.39 is 0 Å². The van der Waals surface area contributed by atoms with Gasteiger partial charge in [-0.15, -0.1) is 5.10 Å². The molecule has 1 saturated heterocycles. The Kier molecular flexibility index (Phi) is 7.10. The van der Waals surface area contributed by atoms with Crippen LogP contribution in [0.25, 0.3) is 10.9 Å². The molecule has 10 nitrogen and oxygen atoms in total. The number of nitrogens with zero attached hydrogens (tertiary/aromatic N) is 6. The van der Waals surface area contributed by atoms with Crippen LogP contribution in [0.15, 0.2) is 53.6 Å². The fourth-order valence-electron chi connectivity index (χ4n) is 4.42. The molecule has 0 unspecified atom stereocenters. The van der Waals surface area contributed by atoms with Crippen molar-refractivity contribution in [3.63, 3.8) is 0 Å². The number of fused-ring (bicyclic) bond motifs is 1. The average Bonchev–Trinajstić information content (AvgIpc) is 3.53. The van der Waals surface area contributed by atoms with E-state index in [4.69, 9.17) is 9.47 Å². The number of aromatic nitrogens is 6. The van der Waals surface area contributed by atoms with E-state index in [0.29, 0.717) is 38.3 Å². The highest BCUT2D eigenvalue weighted by molar-refractivity contribution is 5.80. The number of tetrazole rings is 1. The molecule has 1 fully saturated rings. The zero-order valence-corrected chi connectivity index (χ0v) is 19.8. The molecule has 10 heteroatoms. The van der Waals surface area contributed by atoms with Crippen molar-refractivity contribution in [3.05, 3.63) is 76.1 Å². The number of aromatic amines is 1. The fourth-order valence-corrected chi connectivity index (χ4v) is 4.42. The molecular weight excluding hydrogens is 446 g/mol. The Hall–Kier alpha value is -3.63. The van der Waals surface area contributed by atoms with Gasteiger partial charge in [-0.05, 0) is 66.1 Å². The van der Waals surface area contributed by atoms with Crippen LogP contribution in [0.5, 0.6) is 5.75 Å². The van der Waals surface area contributed by atoms with E-state index in [-0.39, 0.29) is 11.7 Å². The van der Waals surface area contributed by atoms with Gasteiger partial charge >= 0.3 is 0 Å². The number of pyridine rings is 2. The SMILES string of the molecule is CCOc1ccc2[nH]c(=O)c(CN(Cc3cccnc3)Cc3nnnn3C[C@@H]3CCCO3)cc2c1. The molecule has 0 saturated carbocycles. The Morgan fingerprint density at radius 2 is 2.17 bits per heavy atom. The molecule has 1 atom stereocenters. The maximum atomic E-state index is 12.9. The van der Waals surface area contributed by atoms with E-state index >= 15 is 0 Å². The second-order valence-corrected chi connectivity index (χ2v) is 8.72. The molecule has 0 amide bonds. The minimum Gasteiger partial charge on any atom is -0.494 e. The van der Waals surface area contributed by atoms with Crippen molar-refractivity contribution in [2.45, 2.75) is 52.0 Å². The largest absolute Gasteiger partial charge is 0.494 e. The molecule has 1 aromatic carbocycles. The number of nitrogens with one attached hydrogen (secondary N) is 1. The third kappa shape index (κ3) is 5.72. The molecule has 4 heterocycles. The number of hydrogen-bond donors (Lipinski definition) is 1. The molecule has 0 radical (unpaired) electrons. The van der Waals surface area contributed by atoms with Crippen LogP contribution in [0.2, 0.25) is 0 Å². The van der Waals surface area contributed by atoms with Crippen LogP contribution >= 0.6 is 0 Å². The van der Waals surface area contributed by atoms with Crippen molar-refractivity contribution < 1.29 is 9.47 Å². The standard InChI is InChI=1S/C25H29N7O3/c1-2-34-21-7-8-23-19(12-21)11-20(25(33)27-23)15-31(14-18-5-3-9-26-13-18)17-24-28-29-30-32(24)16-22-6-4-10-35-22/h3,5,7-9,11-13,22H,2,4,6,10,14-17H2,1H3,(H,27,33)/t22-/m0/s1. The summed E-state index contributed by atoms with van der Waals surface area (Å²) in [6.07, 6.45) is 5.79. The van der Waals surface area contributed by atoms with Gasteiger partial charge in [0, 0.05) is 48.6 Å². The Balaban J connectivity index is 1.41. The van der Waals surface area contributed by atoms with E-state index in [1.54, 1.807) is 6.20 Å². The lowest BCUT2D eigenvalue weighted by Gasteiger charge is -2.22. The first-order valence-electron chi connectivity index (χ1n) is 11.9. The number of benzene rings is 1. The summed E-state index contributed by atoms with van der Waals surface area (Å²) in [6, 6.07) is 11.6. The van der Waals surface area contributed by atoms with Crippen LogP contribution < -0.4 is 10.3 Å². The monoisotopic (exact) mass is 475 g/mol. The van der Waals surface area contributed by atoms with Crippen LogP contribution in [0.3, 0.4) is 0 Å². The second-order valence-electron chi connectivity index (χ2n) is 8.72. The van der Waals surface area contributed by atoms with E-state index in [1.807, 2.05) is 54.2 Å².